The van der Waals surface area contributed by atoms with E-state index in [0.29, 0.717) is 11.4 Å². The number of aromatic nitrogens is 2. The van der Waals surface area contributed by atoms with Crippen molar-refractivity contribution in [3.05, 3.63) is 89.2 Å². The third-order valence-corrected chi connectivity index (χ3v) is 6.03. The first-order valence-electron chi connectivity index (χ1n) is 10.9. The molecule has 5 rings (SSSR count). The molecule has 1 aliphatic heterocycles. The van der Waals surface area contributed by atoms with E-state index in [1.54, 1.807) is 6.07 Å². The highest BCUT2D eigenvalue weighted by molar-refractivity contribution is 5.70. The maximum Gasteiger partial charge on any atom is 0.180 e. The van der Waals surface area contributed by atoms with Crippen LogP contribution in [0.25, 0.3) is 16.9 Å². The lowest BCUT2D eigenvalue weighted by Crippen LogP contribution is -2.18. The number of hydrogen-bond donors (Lipinski definition) is 0. The second kappa shape index (κ2) is 8.71. The number of halogens is 2. The molecule has 4 aromatic rings. The molecular formula is C26H25F2N3O. The van der Waals surface area contributed by atoms with Gasteiger partial charge in [0, 0.05) is 18.3 Å². The topological polar surface area (TPSA) is 29.8 Å². The molecule has 1 saturated heterocycles. The average molecular weight is 434 g/mol. The minimum absolute atomic E-state index is 0.0902. The Hall–Kier alpha value is -3.25. The van der Waals surface area contributed by atoms with Gasteiger partial charge in [0.2, 0.25) is 0 Å². The van der Waals surface area contributed by atoms with Gasteiger partial charge in [0.1, 0.15) is 18.2 Å². The third-order valence-electron chi connectivity index (χ3n) is 6.03. The number of ether oxygens (including phenoxy) is 1. The molecule has 0 saturated carbocycles. The summed E-state index contributed by atoms with van der Waals surface area (Å²) >= 11 is 0. The molecule has 2 aromatic heterocycles. The van der Waals surface area contributed by atoms with E-state index in [4.69, 9.17) is 9.72 Å². The number of hydrogen-bond acceptors (Lipinski definition) is 3. The molecule has 1 aliphatic rings. The predicted molar refractivity (Wildman–Crippen MR) is 121 cm³/mol. The lowest BCUT2D eigenvalue weighted by Gasteiger charge is -2.15. The van der Waals surface area contributed by atoms with Crippen molar-refractivity contribution in [1.29, 1.82) is 0 Å². The average Bonchev–Trinajstić information content (AvgIpc) is 3.40. The Morgan fingerprint density at radius 1 is 0.969 bits per heavy atom. The fourth-order valence-corrected chi connectivity index (χ4v) is 4.45. The van der Waals surface area contributed by atoms with Crippen LogP contribution in [-0.2, 0) is 13.2 Å². The molecule has 0 aliphatic carbocycles. The van der Waals surface area contributed by atoms with Crippen LogP contribution in [0.1, 0.15) is 29.7 Å². The van der Waals surface area contributed by atoms with Gasteiger partial charge >= 0.3 is 0 Å². The normalized spacial score (nSPS) is 14.3. The van der Waals surface area contributed by atoms with Crippen molar-refractivity contribution in [2.75, 3.05) is 13.1 Å². The summed E-state index contributed by atoms with van der Waals surface area (Å²) in [6, 6.07) is 16.0. The molecule has 0 bridgehead atoms. The monoisotopic (exact) mass is 433 g/mol. The zero-order chi connectivity index (χ0) is 22.1. The zero-order valence-electron chi connectivity index (χ0n) is 18.0. The summed E-state index contributed by atoms with van der Waals surface area (Å²) in [6.07, 6.45) is 4.48. The van der Waals surface area contributed by atoms with Crippen molar-refractivity contribution in [1.82, 2.24) is 14.3 Å². The Kier molecular flexibility index (Phi) is 5.62. The van der Waals surface area contributed by atoms with E-state index < -0.39 is 11.6 Å². The predicted octanol–water partition coefficient (Wildman–Crippen LogP) is 5.76. The van der Waals surface area contributed by atoms with E-state index in [-0.39, 0.29) is 12.2 Å². The number of fused-ring (bicyclic) bond motifs is 1. The van der Waals surface area contributed by atoms with Gasteiger partial charge in [-0.15, -0.1) is 0 Å². The molecule has 0 spiro atoms. The van der Waals surface area contributed by atoms with Crippen LogP contribution in [0, 0.1) is 18.6 Å². The molecule has 0 unspecified atom stereocenters. The minimum atomic E-state index is -0.619. The first-order valence-corrected chi connectivity index (χ1v) is 10.9. The number of likely N-dealkylation sites (tertiary alicyclic amines) is 1. The summed E-state index contributed by atoms with van der Waals surface area (Å²) in [5, 5.41) is 0. The first kappa shape index (κ1) is 20.6. The van der Waals surface area contributed by atoms with Gasteiger partial charge in [0.15, 0.2) is 11.4 Å². The molecular weight excluding hydrogens is 408 g/mol. The highest BCUT2D eigenvalue weighted by Crippen LogP contribution is 2.30. The molecule has 2 aromatic carbocycles. The summed E-state index contributed by atoms with van der Waals surface area (Å²) in [7, 11) is 0. The molecule has 4 nitrogen and oxygen atoms in total. The summed E-state index contributed by atoms with van der Waals surface area (Å²) < 4.78 is 35.8. The van der Waals surface area contributed by atoms with Crippen LogP contribution in [0.3, 0.4) is 0 Å². The van der Waals surface area contributed by atoms with Gasteiger partial charge in [0.25, 0.3) is 0 Å². The van der Waals surface area contributed by atoms with Crippen molar-refractivity contribution >= 4 is 5.65 Å². The summed E-state index contributed by atoms with van der Waals surface area (Å²) in [6.45, 7) is 5.02. The zero-order valence-corrected chi connectivity index (χ0v) is 18.0. The molecule has 1 fully saturated rings. The Labute approximate surface area is 186 Å². The lowest BCUT2D eigenvalue weighted by molar-refractivity contribution is 0.294. The molecule has 3 heterocycles. The first-order chi connectivity index (χ1) is 15.6. The Balaban J connectivity index is 1.46. The molecule has 6 heteroatoms. The Bertz CT molecular complexity index is 1240. The standard InChI is InChI=1S/C26H25F2N3O/c1-18-25(20-8-4-7-19(15-20)16-30-12-2-3-13-30)31-14-6-11-24(26(31)29-18)32-17-21-22(27)9-5-10-23(21)28/h4-11,14-15H,2-3,12-13,16-17H2,1H3. The second-order valence-corrected chi connectivity index (χ2v) is 8.28. The molecule has 0 amide bonds. The van der Waals surface area contributed by atoms with Crippen LogP contribution >= 0.6 is 0 Å². The van der Waals surface area contributed by atoms with Gasteiger partial charge in [0.05, 0.1) is 17.0 Å². The largest absolute Gasteiger partial charge is 0.485 e. The molecule has 32 heavy (non-hydrogen) atoms. The van der Waals surface area contributed by atoms with Crippen LogP contribution in [0.5, 0.6) is 5.75 Å². The van der Waals surface area contributed by atoms with Crippen molar-refractivity contribution in [3.63, 3.8) is 0 Å². The number of pyridine rings is 1. The van der Waals surface area contributed by atoms with Crippen molar-refractivity contribution in [2.24, 2.45) is 0 Å². The smallest absolute Gasteiger partial charge is 0.180 e. The quantitative estimate of drug-likeness (QED) is 0.387. The summed E-state index contributed by atoms with van der Waals surface area (Å²) in [4.78, 5) is 7.20. The minimum Gasteiger partial charge on any atom is -0.485 e. The van der Waals surface area contributed by atoms with E-state index >= 15 is 0 Å². The van der Waals surface area contributed by atoms with Gasteiger partial charge < -0.3 is 4.74 Å². The van der Waals surface area contributed by atoms with Gasteiger partial charge in [-0.05, 0) is 68.8 Å². The van der Waals surface area contributed by atoms with Crippen molar-refractivity contribution < 1.29 is 13.5 Å². The SMILES string of the molecule is Cc1nc2c(OCc3c(F)cccc3F)cccn2c1-c1cccc(CN2CCCC2)c1. The van der Waals surface area contributed by atoms with Crippen LogP contribution in [0.15, 0.2) is 60.8 Å². The van der Waals surface area contributed by atoms with Gasteiger partial charge in [-0.2, -0.15) is 0 Å². The van der Waals surface area contributed by atoms with Gasteiger partial charge in [-0.3, -0.25) is 9.30 Å². The maximum absolute atomic E-state index is 14.0. The van der Waals surface area contributed by atoms with Crippen LogP contribution < -0.4 is 4.74 Å². The second-order valence-electron chi connectivity index (χ2n) is 8.28. The fraction of sp³-hybridized carbons (Fsp3) is 0.269. The van der Waals surface area contributed by atoms with Crippen LogP contribution in [0.4, 0.5) is 8.78 Å². The molecule has 0 radical (unpaired) electrons. The third kappa shape index (κ3) is 3.98. The summed E-state index contributed by atoms with van der Waals surface area (Å²) in [5.74, 6) is -0.753. The van der Waals surface area contributed by atoms with E-state index in [9.17, 15) is 8.78 Å². The number of rotatable bonds is 6. The van der Waals surface area contributed by atoms with E-state index in [2.05, 4.69) is 29.2 Å². The molecule has 164 valence electrons. The number of nitrogens with zero attached hydrogens (tertiary/aromatic N) is 3. The highest BCUT2D eigenvalue weighted by atomic mass is 19.1. The lowest BCUT2D eigenvalue weighted by atomic mass is 10.1. The van der Waals surface area contributed by atoms with E-state index in [0.717, 1.165) is 36.6 Å². The number of benzene rings is 2. The van der Waals surface area contributed by atoms with Crippen LogP contribution in [0.2, 0.25) is 0 Å². The molecule has 0 N–H and O–H groups in total. The number of imidazole rings is 1. The number of aryl methyl sites for hydroxylation is 1. The van der Waals surface area contributed by atoms with Gasteiger partial charge in [-0.1, -0.05) is 24.3 Å². The van der Waals surface area contributed by atoms with Crippen molar-refractivity contribution in [3.8, 4) is 17.0 Å². The fourth-order valence-electron chi connectivity index (χ4n) is 4.45. The van der Waals surface area contributed by atoms with Crippen LogP contribution in [-0.4, -0.2) is 27.4 Å². The van der Waals surface area contributed by atoms with Gasteiger partial charge in [-0.25, -0.2) is 13.8 Å². The Morgan fingerprint density at radius 2 is 1.72 bits per heavy atom. The Morgan fingerprint density at radius 3 is 2.50 bits per heavy atom. The van der Waals surface area contributed by atoms with E-state index in [1.165, 1.54) is 36.6 Å². The van der Waals surface area contributed by atoms with Crippen molar-refractivity contribution in [2.45, 2.75) is 32.9 Å². The maximum atomic E-state index is 14.0. The highest BCUT2D eigenvalue weighted by Gasteiger charge is 2.17. The van der Waals surface area contributed by atoms with E-state index in [1.807, 2.05) is 23.6 Å². The summed E-state index contributed by atoms with van der Waals surface area (Å²) in [5.41, 5.74) is 4.77. The molecule has 0 atom stereocenters.